The Morgan fingerprint density at radius 1 is 0.824 bits per heavy atom. The van der Waals surface area contributed by atoms with E-state index in [1.54, 1.807) is 14.2 Å². The molecule has 3 aromatic rings. The third-order valence-electron chi connectivity index (χ3n) is 6.24. The summed E-state index contributed by atoms with van der Waals surface area (Å²) in [5.41, 5.74) is 1.45. The molecule has 2 unspecified atom stereocenters. The Labute approximate surface area is 210 Å². The van der Waals surface area contributed by atoms with Crippen LogP contribution in [0.2, 0.25) is 10.0 Å². The summed E-state index contributed by atoms with van der Waals surface area (Å²) in [5, 5.41) is 8.61. The Morgan fingerprint density at radius 3 is 1.74 bits per heavy atom. The van der Waals surface area contributed by atoms with E-state index in [1.165, 1.54) is 0 Å². The number of halogens is 2. The van der Waals surface area contributed by atoms with Crippen molar-refractivity contribution in [2.24, 2.45) is 5.92 Å². The molecule has 3 aromatic carbocycles. The lowest BCUT2D eigenvalue weighted by molar-refractivity contribution is -0.129. The summed E-state index contributed by atoms with van der Waals surface area (Å²) < 4.78 is 11.3. The predicted octanol–water partition coefficient (Wildman–Crippen LogP) is 6.06. The monoisotopic (exact) mass is 498 g/mol. The predicted molar refractivity (Wildman–Crippen MR) is 136 cm³/mol. The zero-order valence-electron chi connectivity index (χ0n) is 19.6. The van der Waals surface area contributed by atoms with Gasteiger partial charge in [0.15, 0.2) is 22.9 Å². The number of methoxy groups -OCH3 is 2. The van der Waals surface area contributed by atoms with Crippen molar-refractivity contribution in [3.8, 4) is 11.5 Å². The highest BCUT2D eigenvalue weighted by Gasteiger charge is 2.53. The quantitative estimate of drug-likeness (QED) is 0.414. The minimum atomic E-state index is -1.22. The number of carbonyl (C=O) groups excluding carboxylic acids is 1. The second kappa shape index (κ2) is 9.96. The van der Waals surface area contributed by atoms with Gasteiger partial charge in [0, 0.05) is 21.5 Å². The van der Waals surface area contributed by atoms with Crippen LogP contribution in [0.4, 0.5) is 0 Å². The topological polar surface area (TPSA) is 59.6 Å². The molecule has 34 heavy (non-hydrogen) atoms. The van der Waals surface area contributed by atoms with Crippen molar-refractivity contribution in [1.82, 2.24) is 10.6 Å². The first kappa shape index (κ1) is 24.6. The molecule has 4 rings (SSSR count). The lowest BCUT2D eigenvalue weighted by atomic mass is 9.88. The molecular formula is C27H28Cl2N2O3. The Bertz CT molecular complexity index is 1110. The molecule has 0 saturated carbocycles. The van der Waals surface area contributed by atoms with Crippen molar-refractivity contribution in [2.75, 3.05) is 14.2 Å². The summed E-state index contributed by atoms with van der Waals surface area (Å²) in [5.74, 6) is 0.795. The van der Waals surface area contributed by atoms with Crippen molar-refractivity contribution in [3.63, 3.8) is 0 Å². The minimum absolute atomic E-state index is 0.00511. The van der Waals surface area contributed by atoms with Gasteiger partial charge in [-0.05, 0) is 41.5 Å². The molecule has 1 aliphatic heterocycles. The lowest BCUT2D eigenvalue weighted by Gasteiger charge is -2.33. The zero-order valence-corrected chi connectivity index (χ0v) is 21.1. The fourth-order valence-corrected chi connectivity index (χ4v) is 4.86. The maximum atomic E-state index is 13.9. The molecule has 5 nitrogen and oxygen atoms in total. The summed E-state index contributed by atoms with van der Waals surface area (Å²) in [6.45, 7) is 3.79. The number of para-hydroxylation sites is 1. The summed E-state index contributed by atoms with van der Waals surface area (Å²) in [4.78, 5) is 13.9. The van der Waals surface area contributed by atoms with Gasteiger partial charge < -0.3 is 9.47 Å². The Kier molecular flexibility index (Phi) is 7.20. The first-order chi connectivity index (χ1) is 16.3. The van der Waals surface area contributed by atoms with Crippen molar-refractivity contribution in [2.45, 2.75) is 31.6 Å². The lowest BCUT2D eigenvalue weighted by Crippen LogP contribution is -2.55. The van der Waals surface area contributed by atoms with Crippen LogP contribution in [-0.4, -0.2) is 20.0 Å². The van der Waals surface area contributed by atoms with E-state index in [2.05, 4.69) is 10.6 Å². The summed E-state index contributed by atoms with van der Waals surface area (Å²) in [6, 6.07) is 20.4. The first-order valence-electron chi connectivity index (χ1n) is 11.1. The van der Waals surface area contributed by atoms with Gasteiger partial charge in [-0.3, -0.25) is 15.4 Å². The van der Waals surface area contributed by atoms with E-state index < -0.39 is 5.66 Å². The molecule has 1 fully saturated rings. The van der Waals surface area contributed by atoms with Crippen LogP contribution in [0, 0.1) is 5.92 Å². The third-order valence-corrected chi connectivity index (χ3v) is 6.74. The van der Waals surface area contributed by atoms with Crippen molar-refractivity contribution >= 4 is 29.0 Å². The molecule has 2 atom stereocenters. The van der Waals surface area contributed by atoms with Gasteiger partial charge in [0.25, 0.3) is 0 Å². The largest absolute Gasteiger partial charge is 0.493 e. The number of ether oxygens (including phenoxy) is 2. The Balaban J connectivity index is 1.93. The SMILES string of the molecule is COc1cccc(C2(C(=O)C(C)C)NC(c3ccc(Cl)cc3)C(c3ccc(Cl)cc3)N2)c1OC. The van der Waals surface area contributed by atoms with Gasteiger partial charge in [-0.15, -0.1) is 0 Å². The molecule has 0 radical (unpaired) electrons. The number of hydrogen-bond acceptors (Lipinski definition) is 5. The van der Waals surface area contributed by atoms with Crippen LogP contribution in [-0.2, 0) is 10.5 Å². The van der Waals surface area contributed by atoms with Gasteiger partial charge in [0.2, 0.25) is 0 Å². The second-order valence-corrected chi connectivity index (χ2v) is 9.53. The van der Waals surface area contributed by atoms with E-state index in [0.717, 1.165) is 11.1 Å². The van der Waals surface area contributed by atoms with Gasteiger partial charge in [-0.2, -0.15) is 0 Å². The zero-order chi connectivity index (χ0) is 24.5. The Hall–Kier alpha value is -2.57. The molecule has 178 valence electrons. The van der Waals surface area contributed by atoms with Crippen LogP contribution < -0.4 is 20.1 Å². The molecule has 1 heterocycles. The molecule has 0 amide bonds. The van der Waals surface area contributed by atoms with E-state index in [0.29, 0.717) is 27.1 Å². The molecule has 0 spiro atoms. The van der Waals surface area contributed by atoms with Crippen LogP contribution in [0.1, 0.15) is 42.6 Å². The number of carbonyl (C=O) groups is 1. The number of Topliss-reactive ketones (excluding diaryl/α,β-unsaturated/α-hetero) is 1. The normalized spacial score (nSPS) is 22.1. The van der Waals surface area contributed by atoms with Gasteiger partial charge in [-0.25, -0.2) is 0 Å². The molecule has 2 N–H and O–H groups in total. The molecule has 0 aliphatic carbocycles. The standard InChI is InChI=1S/C27H28Cl2N2O3/c1-16(2)26(32)27(21-6-5-7-22(33-3)25(21)34-4)30-23(17-8-12-19(28)13-9-17)24(31-27)18-10-14-20(29)15-11-18/h5-16,23-24,30-31H,1-4H3. The number of nitrogens with one attached hydrogen (secondary N) is 2. The highest BCUT2D eigenvalue weighted by molar-refractivity contribution is 6.30. The minimum Gasteiger partial charge on any atom is -0.493 e. The highest BCUT2D eigenvalue weighted by atomic mass is 35.5. The maximum Gasteiger partial charge on any atom is 0.174 e. The van der Waals surface area contributed by atoms with Crippen LogP contribution in [0.15, 0.2) is 66.7 Å². The summed E-state index contributed by atoms with van der Waals surface area (Å²) in [6.07, 6.45) is 0. The van der Waals surface area contributed by atoms with E-state index in [4.69, 9.17) is 32.7 Å². The third kappa shape index (κ3) is 4.41. The van der Waals surface area contributed by atoms with Gasteiger partial charge in [0.1, 0.15) is 0 Å². The second-order valence-electron chi connectivity index (χ2n) is 8.66. The first-order valence-corrected chi connectivity index (χ1v) is 11.9. The van der Waals surface area contributed by atoms with Crippen molar-refractivity contribution < 1.29 is 14.3 Å². The Morgan fingerprint density at radius 2 is 1.32 bits per heavy atom. The van der Waals surface area contributed by atoms with E-state index in [-0.39, 0.29) is 23.8 Å². The number of hydrogen-bond donors (Lipinski definition) is 2. The fraction of sp³-hybridized carbons (Fsp3) is 0.296. The van der Waals surface area contributed by atoms with Crippen LogP contribution in [0.25, 0.3) is 0 Å². The molecule has 0 aromatic heterocycles. The van der Waals surface area contributed by atoms with Crippen molar-refractivity contribution in [1.29, 1.82) is 0 Å². The van der Waals surface area contributed by atoms with Gasteiger partial charge in [0.05, 0.1) is 26.3 Å². The number of ketones is 1. The average molecular weight is 499 g/mol. The molecule has 7 heteroatoms. The van der Waals surface area contributed by atoms with Gasteiger partial charge >= 0.3 is 0 Å². The van der Waals surface area contributed by atoms with Crippen molar-refractivity contribution in [3.05, 3.63) is 93.5 Å². The van der Waals surface area contributed by atoms with E-state index in [1.807, 2.05) is 80.6 Å². The van der Waals surface area contributed by atoms with Crippen LogP contribution >= 0.6 is 23.2 Å². The number of rotatable bonds is 7. The van der Waals surface area contributed by atoms with Crippen LogP contribution in [0.5, 0.6) is 11.5 Å². The number of benzene rings is 3. The smallest absolute Gasteiger partial charge is 0.174 e. The molecule has 1 aliphatic rings. The van der Waals surface area contributed by atoms with E-state index in [9.17, 15) is 4.79 Å². The maximum absolute atomic E-state index is 13.9. The van der Waals surface area contributed by atoms with E-state index >= 15 is 0 Å². The van der Waals surface area contributed by atoms with Crippen LogP contribution in [0.3, 0.4) is 0 Å². The summed E-state index contributed by atoms with van der Waals surface area (Å²) in [7, 11) is 3.16. The van der Waals surface area contributed by atoms with Gasteiger partial charge in [-0.1, -0.05) is 73.4 Å². The fourth-order valence-electron chi connectivity index (χ4n) is 4.61. The summed E-state index contributed by atoms with van der Waals surface area (Å²) >= 11 is 12.3. The molecular weight excluding hydrogens is 471 g/mol. The molecule has 1 saturated heterocycles. The molecule has 0 bridgehead atoms. The average Bonchev–Trinajstić information content (AvgIpc) is 3.25. The highest BCUT2D eigenvalue weighted by Crippen LogP contribution is 2.46.